The van der Waals surface area contributed by atoms with Crippen molar-refractivity contribution in [3.8, 4) is 0 Å². The van der Waals surface area contributed by atoms with Crippen LogP contribution in [0.25, 0.3) is 10.3 Å². The summed E-state index contributed by atoms with van der Waals surface area (Å²) in [6.45, 7) is 7.20. The number of pyridine rings is 1. The third-order valence-corrected chi connectivity index (χ3v) is 6.81. The molecule has 1 aromatic carbocycles. The maximum Gasteiger partial charge on any atom is 0.433 e. The minimum absolute atomic E-state index is 0.00205. The van der Waals surface area contributed by atoms with Gasteiger partial charge >= 0.3 is 12.1 Å². The second-order valence-corrected chi connectivity index (χ2v) is 9.60. The molecule has 1 unspecified atom stereocenters. The van der Waals surface area contributed by atoms with Gasteiger partial charge in [0, 0.05) is 32.2 Å². The molecule has 0 amide bonds. The Morgan fingerprint density at radius 2 is 1.94 bits per heavy atom. The van der Waals surface area contributed by atoms with E-state index in [9.17, 15) is 18.0 Å². The zero-order valence-electron chi connectivity index (χ0n) is 18.3. The lowest BCUT2D eigenvalue weighted by molar-refractivity contribution is -0.141. The molecule has 3 heterocycles. The molecule has 6 nitrogen and oxygen atoms in total. The fourth-order valence-corrected chi connectivity index (χ4v) is 5.20. The largest absolute Gasteiger partial charge is 0.481 e. The van der Waals surface area contributed by atoms with Gasteiger partial charge in [0.25, 0.3) is 0 Å². The number of carboxylic acid groups (broad SMARTS) is 1. The fourth-order valence-electron chi connectivity index (χ4n) is 4.18. The minimum atomic E-state index is -4.48. The molecule has 1 N–H and O–H groups in total. The monoisotopic (exact) mass is 478 g/mol. The fraction of sp³-hybridized carbons (Fsp3) is 0.435. The summed E-state index contributed by atoms with van der Waals surface area (Å²) in [5.74, 6) is -0.551. The number of fused-ring (bicyclic) bond motifs is 1. The molecule has 0 aliphatic carbocycles. The first kappa shape index (κ1) is 23.4. The van der Waals surface area contributed by atoms with Crippen LogP contribution in [-0.4, -0.2) is 51.6 Å². The van der Waals surface area contributed by atoms with E-state index in [4.69, 9.17) is 5.11 Å². The van der Waals surface area contributed by atoms with Crippen LogP contribution in [0.15, 0.2) is 36.4 Å². The van der Waals surface area contributed by atoms with Crippen molar-refractivity contribution in [3.63, 3.8) is 0 Å². The van der Waals surface area contributed by atoms with Crippen LogP contribution in [0.1, 0.15) is 30.7 Å². The Kier molecular flexibility index (Phi) is 6.58. The first-order valence-electron chi connectivity index (χ1n) is 10.7. The molecule has 4 rings (SSSR count). The number of benzene rings is 1. The van der Waals surface area contributed by atoms with Crippen molar-refractivity contribution in [3.05, 3.63) is 53.2 Å². The lowest BCUT2D eigenvalue weighted by Gasteiger charge is -2.43. The molecule has 10 heteroatoms. The van der Waals surface area contributed by atoms with Gasteiger partial charge < -0.3 is 10.0 Å². The lowest BCUT2D eigenvalue weighted by atomic mass is 9.99. The van der Waals surface area contributed by atoms with Crippen LogP contribution in [0.2, 0.25) is 0 Å². The second kappa shape index (κ2) is 9.26. The van der Waals surface area contributed by atoms with Gasteiger partial charge in [0.15, 0.2) is 5.13 Å². The van der Waals surface area contributed by atoms with Crippen LogP contribution in [0, 0.1) is 5.92 Å². The number of carboxylic acids is 1. The average molecular weight is 479 g/mol. The predicted molar refractivity (Wildman–Crippen MR) is 121 cm³/mol. The van der Waals surface area contributed by atoms with Gasteiger partial charge in [0.05, 0.1) is 6.42 Å². The molecule has 33 heavy (non-hydrogen) atoms. The number of thiazole rings is 1. The number of halogens is 3. The average Bonchev–Trinajstić information content (AvgIpc) is 3.16. The Morgan fingerprint density at radius 1 is 1.18 bits per heavy atom. The number of aromatic nitrogens is 2. The first-order valence-corrected chi connectivity index (χ1v) is 11.5. The third kappa shape index (κ3) is 5.44. The summed E-state index contributed by atoms with van der Waals surface area (Å²) in [6.07, 6.45) is -4.48. The SMILES string of the molecule is CC(C)C1CN(Cc2cccc(CC(=O)O)c2)CCN1c1nc2ccc(C(F)(F)F)nc2s1. The van der Waals surface area contributed by atoms with Gasteiger partial charge in [-0.1, -0.05) is 49.4 Å². The van der Waals surface area contributed by atoms with E-state index in [1.165, 1.54) is 17.4 Å². The van der Waals surface area contributed by atoms with Crippen molar-refractivity contribution in [1.29, 1.82) is 0 Å². The van der Waals surface area contributed by atoms with Crippen LogP contribution in [-0.2, 0) is 23.9 Å². The van der Waals surface area contributed by atoms with Crippen LogP contribution in [0.4, 0.5) is 18.3 Å². The molecular weight excluding hydrogens is 453 g/mol. The van der Waals surface area contributed by atoms with Crippen molar-refractivity contribution in [1.82, 2.24) is 14.9 Å². The van der Waals surface area contributed by atoms with Gasteiger partial charge in [-0.3, -0.25) is 9.69 Å². The maximum atomic E-state index is 13.0. The van der Waals surface area contributed by atoms with Gasteiger partial charge in [-0.2, -0.15) is 13.2 Å². The summed E-state index contributed by atoms with van der Waals surface area (Å²) in [6, 6.07) is 10.1. The van der Waals surface area contributed by atoms with E-state index in [1.54, 1.807) is 0 Å². The topological polar surface area (TPSA) is 69.6 Å². The Labute approximate surface area is 193 Å². The number of anilines is 1. The van der Waals surface area contributed by atoms with Crippen LogP contribution in [0.3, 0.4) is 0 Å². The number of rotatable bonds is 6. The highest BCUT2D eigenvalue weighted by atomic mass is 32.1. The summed E-state index contributed by atoms with van der Waals surface area (Å²) in [5, 5.41) is 9.73. The number of piperazine rings is 1. The summed E-state index contributed by atoms with van der Waals surface area (Å²) in [5.41, 5.74) is 1.41. The number of hydrogen-bond acceptors (Lipinski definition) is 6. The maximum absolute atomic E-state index is 13.0. The highest BCUT2D eigenvalue weighted by Gasteiger charge is 2.34. The van der Waals surface area contributed by atoms with Crippen molar-refractivity contribution >= 4 is 32.8 Å². The summed E-state index contributed by atoms with van der Waals surface area (Å²) in [4.78, 5) is 24.2. The second-order valence-electron chi connectivity index (χ2n) is 8.65. The van der Waals surface area contributed by atoms with Gasteiger partial charge in [-0.05, 0) is 29.2 Å². The Morgan fingerprint density at radius 3 is 2.64 bits per heavy atom. The van der Waals surface area contributed by atoms with Gasteiger partial charge in [-0.15, -0.1) is 0 Å². The Balaban J connectivity index is 1.51. The van der Waals surface area contributed by atoms with Crippen LogP contribution in [0.5, 0.6) is 0 Å². The normalized spacial score (nSPS) is 17.8. The quantitative estimate of drug-likeness (QED) is 0.555. The number of hydrogen-bond donors (Lipinski definition) is 1. The smallest absolute Gasteiger partial charge is 0.433 e. The summed E-state index contributed by atoms with van der Waals surface area (Å²) in [7, 11) is 0. The van der Waals surface area contributed by atoms with Crippen molar-refractivity contribution in [2.24, 2.45) is 5.92 Å². The number of alkyl halides is 3. The third-order valence-electron chi connectivity index (χ3n) is 5.81. The van der Waals surface area contributed by atoms with E-state index < -0.39 is 17.8 Å². The highest BCUT2D eigenvalue weighted by Crippen LogP contribution is 2.35. The predicted octanol–water partition coefficient (Wildman–Crippen LogP) is 4.68. The van der Waals surface area contributed by atoms with Crippen molar-refractivity contribution < 1.29 is 23.1 Å². The minimum Gasteiger partial charge on any atom is -0.481 e. The van der Waals surface area contributed by atoms with E-state index in [1.807, 2.05) is 24.3 Å². The zero-order chi connectivity index (χ0) is 23.8. The van der Waals surface area contributed by atoms with Gasteiger partial charge in [-0.25, -0.2) is 9.97 Å². The van der Waals surface area contributed by atoms with E-state index in [2.05, 4.69) is 33.6 Å². The van der Waals surface area contributed by atoms with Crippen molar-refractivity contribution in [2.75, 3.05) is 24.5 Å². The number of nitrogens with zero attached hydrogens (tertiary/aromatic N) is 4. The molecule has 0 spiro atoms. The van der Waals surface area contributed by atoms with E-state index in [0.717, 1.165) is 30.3 Å². The molecule has 176 valence electrons. The molecule has 3 aromatic rings. The van der Waals surface area contributed by atoms with Gasteiger partial charge in [0.2, 0.25) is 0 Å². The van der Waals surface area contributed by atoms with Crippen LogP contribution < -0.4 is 4.90 Å². The molecular formula is C23H25F3N4O2S. The molecule has 1 aliphatic rings. The molecule has 1 saturated heterocycles. The molecule has 2 aromatic heterocycles. The standard InChI is InChI=1S/C23H25F3N4O2S/c1-14(2)18-13-29(12-16-5-3-4-15(10-16)11-20(31)32)8-9-30(18)22-27-17-6-7-19(23(24,25)26)28-21(17)33-22/h3-7,10,14,18H,8-9,11-13H2,1-2H3,(H,31,32). The molecule has 1 atom stereocenters. The van der Waals surface area contributed by atoms with E-state index >= 15 is 0 Å². The molecule has 1 fully saturated rings. The molecule has 1 aliphatic heterocycles. The first-order chi connectivity index (χ1) is 15.6. The Bertz CT molecular complexity index is 1150. The van der Waals surface area contributed by atoms with E-state index in [-0.39, 0.29) is 12.5 Å². The lowest BCUT2D eigenvalue weighted by Crippen LogP contribution is -2.55. The van der Waals surface area contributed by atoms with Crippen LogP contribution >= 0.6 is 11.3 Å². The number of aliphatic carboxylic acids is 1. The van der Waals surface area contributed by atoms with Crippen molar-refractivity contribution in [2.45, 2.75) is 39.0 Å². The molecule has 0 saturated carbocycles. The molecule has 0 radical (unpaired) electrons. The molecule has 0 bridgehead atoms. The summed E-state index contributed by atoms with van der Waals surface area (Å²) < 4.78 is 39.1. The highest BCUT2D eigenvalue weighted by molar-refractivity contribution is 7.21. The summed E-state index contributed by atoms with van der Waals surface area (Å²) >= 11 is 1.20. The van der Waals surface area contributed by atoms with E-state index in [0.29, 0.717) is 34.5 Å². The zero-order valence-corrected chi connectivity index (χ0v) is 19.2. The Hall–Kier alpha value is -2.72. The number of carbonyl (C=O) groups is 1. The van der Waals surface area contributed by atoms with Gasteiger partial charge in [0.1, 0.15) is 16.0 Å².